The van der Waals surface area contributed by atoms with Crippen molar-refractivity contribution < 1.29 is 4.79 Å². The Balaban J connectivity index is 2.26. The zero-order chi connectivity index (χ0) is 10.1. The monoisotopic (exact) mass is 190 g/mol. The van der Waals surface area contributed by atoms with Crippen LogP contribution in [0.5, 0.6) is 0 Å². The summed E-state index contributed by atoms with van der Waals surface area (Å²) in [5.74, 6) is 0. The van der Waals surface area contributed by atoms with Gasteiger partial charge in [-0.25, -0.2) is 4.79 Å². The Morgan fingerprint density at radius 1 is 1.21 bits per heavy atom. The summed E-state index contributed by atoms with van der Waals surface area (Å²) in [5, 5.41) is 0. The normalized spacial score (nSPS) is 21.9. The summed E-state index contributed by atoms with van der Waals surface area (Å²) in [6.45, 7) is 0.777. The Morgan fingerprint density at radius 2 is 1.86 bits per heavy atom. The maximum Gasteiger partial charge on any atom is 0.320 e. The molecule has 0 bridgehead atoms. The Morgan fingerprint density at radius 3 is 2.36 bits per heavy atom. The van der Waals surface area contributed by atoms with Gasteiger partial charge in [-0.05, 0) is 5.56 Å². The van der Waals surface area contributed by atoms with Gasteiger partial charge in [0.2, 0.25) is 0 Å². The molecule has 2 rings (SSSR count). The first-order valence-electron chi connectivity index (χ1n) is 4.73. The molecule has 0 unspecified atom stereocenters. The minimum Gasteiger partial charge on any atom is -0.325 e. The second-order valence-electron chi connectivity index (χ2n) is 3.70. The van der Waals surface area contributed by atoms with Gasteiger partial charge in [-0.2, -0.15) is 0 Å². The van der Waals surface area contributed by atoms with Gasteiger partial charge >= 0.3 is 6.03 Å². The highest BCUT2D eigenvalue weighted by Crippen LogP contribution is 2.26. The van der Waals surface area contributed by atoms with Gasteiger partial charge in [0.25, 0.3) is 0 Å². The number of carbonyl (C=O) groups is 1. The molecule has 0 aliphatic carbocycles. The first-order valence-corrected chi connectivity index (χ1v) is 4.73. The lowest BCUT2D eigenvalue weighted by Gasteiger charge is -2.17. The maximum absolute atomic E-state index is 11.5. The largest absolute Gasteiger partial charge is 0.325 e. The van der Waals surface area contributed by atoms with Gasteiger partial charge in [-0.3, -0.25) is 0 Å². The molecule has 74 valence electrons. The van der Waals surface area contributed by atoms with E-state index < -0.39 is 0 Å². The van der Waals surface area contributed by atoms with Crippen molar-refractivity contribution in [3.05, 3.63) is 35.9 Å². The highest BCUT2D eigenvalue weighted by molar-refractivity contribution is 5.76. The molecule has 3 nitrogen and oxygen atoms in total. The summed E-state index contributed by atoms with van der Waals surface area (Å²) < 4.78 is 0. The first kappa shape index (κ1) is 9.06. The van der Waals surface area contributed by atoms with Crippen molar-refractivity contribution in [2.75, 3.05) is 20.6 Å². The predicted octanol–water partition coefficient (Wildman–Crippen LogP) is 1.72. The second-order valence-corrected chi connectivity index (χ2v) is 3.70. The molecular weight excluding hydrogens is 176 g/mol. The Labute approximate surface area is 83.9 Å². The second kappa shape index (κ2) is 3.33. The van der Waals surface area contributed by atoms with E-state index in [2.05, 4.69) is 12.1 Å². The topological polar surface area (TPSA) is 23.6 Å². The third-order valence-electron chi connectivity index (χ3n) is 2.73. The van der Waals surface area contributed by atoms with Gasteiger partial charge in [0.05, 0.1) is 6.04 Å². The van der Waals surface area contributed by atoms with Crippen LogP contribution in [-0.4, -0.2) is 36.5 Å². The fourth-order valence-electron chi connectivity index (χ4n) is 1.87. The van der Waals surface area contributed by atoms with E-state index in [1.54, 1.807) is 9.80 Å². The Kier molecular flexibility index (Phi) is 2.15. The van der Waals surface area contributed by atoms with Crippen LogP contribution in [0.15, 0.2) is 30.3 Å². The van der Waals surface area contributed by atoms with E-state index >= 15 is 0 Å². The molecule has 3 heteroatoms. The van der Waals surface area contributed by atoms with Crippen molar-refractivity contribution in [1.29, 1.82) is 0 Å². The first-order chi connectivity index (χ1) is 6.70. The predicted molar refractivity (Wildman–Crippen MR) is 55.0 cm³/mol. The standard InChI is InChI=1S/C11H14N2O/c1-12-8-10(13(2)11(12)14)9-6-4-3-5-7-9/h3-7,10H,8H2,1-2H3/t10-/m0/s1. The fraction of sp³-hybridized carbons (Fsp3) is 0.364. The van der Waals surface area contributed by atoms with Crippen LogP contribution in [0.2, 0.25) is 0 Å². The van der Waals surface area contributed by atoms with Crippen molar-refractivity contribution in [2.24, 2.45) is 0 Å². The van der Waals surface area contributed by atoms with E-state index in [-0.39, 0.29) is 12.1 Å². The smallest absolute Gasteiger partial charge is 0.320 e. The molecule has 1 atom stereocenters. The lowest BCUT2D eigenvalue weighted by Crippen LogP contribution is -2.26. The van der Waals surface area contributed by atoms with Gasteiger partial charge < -0.3 is 9.80 Å². The van der Waals surface area contributed by atoms with E-state index in [1.807, 2.05) is 32.3 Å². The summed E-state index contributed by atoms with van der Waals surface area (Å²) >= 11 is 0. The van der Waals surface area contributed by atoms with Crippen molar-refractivity contribution in [2.45, 2.75) is 6.04 Å². The van der Waals surface area contributed by atoms with Crippen molar-refractivity contribution in [1.82, 2.24) is 9.80 Å². The van der Waals surface area contributed by atoms with Crippen LogP contribution in [0.25, 0.3) is 0 Å². The summed E-state index contributed by atoms with van der Waals surface area (Å²) in [7, 11) is 3.69. The van der Waals surface area contributed by atoms with E-state index in [4.69, 9.17) is 0 Å². The van der Waals surface area contributed by atoms with Crippen LogP contribution in [0, 0.1) is 0 Å². The van der Waals surface area contributed by atoms with Crippen LogP contribution >= 0.6 is 0 Å². The number of hydrogen-bond donors (Lipinski definition) is 0. The SMILES string of the molecule is CN1C[C@@H](c2ccccc2)N(C)C1=O. The minimum absolute atomic E-state index is 0.0962. The van der Waals surface area contributed by atoms with Gasteiger partial charge in [0.15, 0.2) is 0 Å². The van der Waals surface area contributed by atoms with Crippen molar-refractivity contribution in [3.63, 3.8) is 0 Å². The maximum atomic E-state index is 11.5. The zero-order valence-corrected chi connectivity index (χ0v) is 8.47. The van der Waals surface area contributed by atoms with Crippen molar-refractivity contribution in [3.8, 4) is 0 Å². The van der Waals surface area contributed by atoms with Crippen LogP contribution in [0.4, 0.5) is 4.79 Å². The minimum atomic E-state index is 0.0962. The van der Waals surface area contributed by atoms with Gasteiger partial charge in [0.1, 0.15) is 0 Å². The molecule has 1 fully saturated rings. The molecule has 1 aliphatic heterocycles. The molecule has 1 aromatic rings. The van der Waals surface area contributed by atoms with Crippen molar-refractivity contribution >= 4 is 6.03 Å². The zero-order valence-electron chi connectivity index (χ0n) is 8.47. The number of amides is 2. The third kappa shape index (κ3) is 1.35. The van der Waals surface area contributed by atoms with Crippen LogP contribution in [0.1, 0.15) is 11.6 Å². The van der Waals surface area contributed by atoms with E-state index in [0.717, 1.165) is 6.54 Å². The molecule has 0 radical (unpaired) electrons. The number of likely N-dealkylation sites (N-methyl/N-ethyl adjacent to an activating group) is 2. The van der Waals surface area contributed by atoms with E-state index in [1.165, 1.54) is 5.56 Å². The number of carbonyl (C=O) groups excluding carboxylic acids is 1. The number of rotatable bonds is 1. The fourth-order valence-corrected chi connectivity index (χ4v) is 1.87. The Hall–Kier alpha value is -1.51. The Bertz CT molecular complexity index is 336. The molecule has 0 saturated carbocycles. The third-order valence-corrected chi connectivity index (χ3v) is 2.73. The summed E-state index contributed by atoms with van der Waals surface area (Å²) in [5.41, 5.74) is 1.20. The molecule has 14 heavy (non-hydrogen) atoms. The number of hydrogen-bond acceptors (Lipinski definition) is 1. The van der Waals surface area contributed by atoms with Gasteiger partial charge in [-0.1, -0.05) is 30.3 Å². The molecule has 0 aromatic heterocycles. The van der Waals surface area contributed by atoms with Crippen LogP contribution < -0.4 is 0 Å². The van der Waals surface area contributed by atoms with E-state index in [0.29, 0.717) is 0 Å². The highest BCUT2D eigenvalue weighted by atomic mass is 16.2. The number of urea groups is 1. The summed E-state index contributed by atoms with van der Waals surface area (Å²) in [6.07, 6.45) is 0. The lowest BCUT2D eigenvalue weighted by atomic mass is 10.1. The molecule has 0 N–H and O–H groups in total. The van der Waals surface area contributed by atoms with Crippen LogP contribution in [-0.2, 0) is 0 Å². The lowest BCUT2D eigenvalue weighted by molar-refractivity contribution is 0.201. The molecular formula is C11H14N2O. The number of nitrogens with zero attached hydrogens (tertiary/aromatic N) is 2. The molecule has 1 aromatic carbocycles. The van der Waals surface area contributed by atoms with Gasteiger partial charge in [0, 0.05) is 20.6 Å². The average Bonchev–Trinajstić information content (AvgIpc) is 2.47. The number of benzene rings is 1. The van der Waals surface area contributed by atoms with Crippen LogP contribution in [0.3, 0.4) is 0 Å². The van der Waals surface area contributed by atoms with E-state index in [9.17, 15) is 4.79 Å². The molecule has 1 saturated heterocycles. The molecule has 1 heterocycles. The summed E-state index contributed by atoms with van der Waals surface area (Å²) in [6, 6.07) is 10.4. The quantitative estimate of drug-likeness (QED) is 0.661. The van der Waals surface area contributed by atoms with Gasteiger partial charge in [-0.15, -0.1) is 0 Å². The molecule has 2 amide bonds. The highest BCUT2D eigenvalue weighted by Gasteiger charge is 2.32. The summed E-state index contributed by atoms with van der Waals surface area (Å²) in [4.78, 5) is 15.1. The molecule has 0 spiro atoms. The average molecular weight is 190 g/mol. The molecule has 1 aliphatic rings.